The summed E-state index contributed by atoms with van der Waals surface area (Å²) >= 11 is 0. The van der Waals surface area contributed by atoms with Gasteiger partial charge in [0, 0.05) is 39.8 Å². The maximum absolute atomic E-state index is 12.5. The van der Waals surface area contributed by atoms with E-state index in [0.717, 1.165) is 17.1 Å². The van der Waals surface area contributed by atoms with Gasteiger partial charge in [0.1, 0.15) is 6.10 Å². The average Bonchev–Trinajstić information content (AvgIpc) is 3.23. The van der Waals surface area contributed by atoms with Crippen LogP contribution in [0.2, 0.25) is 0 Å². The van der Waals surface area contributed by atoms with E-state index in [9.17, 15) is 18.0 Å². The van der Waals surface area contributed by atoms with Crippen molar-refractivity contribution in [2.24, 2.45) is 0 Å². The van der Waals surface area contributed by atoms with E-state index in [-0.39, 0.29) is 29.4 Å². The molecule has 9 heteroatoms. The molecule has 27 heavy (non-hydrogen) atoms. The summed E-state index contributed by atoms with van der Waals surface area (Å²) in [6.07, 6.45) is 1.30. The van der Waals surface area contributed by atoms with Gasteiger partial charge in [-0.3, -0.25) is 9.59 Å². The molecule has 0 bridgehead atoms. The SMILES string of the molecule is CN(CC(=O)N1CCN(C(=O)C2CCCO2)CC1)S(=O)(=O)c1ccccc1. The van der Waals surface area contributed by atoms with Gasteiger partial charge < -0.3 is 14.5 Å². The van der Waals surface area contributed by atoms with Crippen LogP contribution in [-0.2, 0) is 24.3 Å². The van der Waals surface area contributed by atoms with E-state index in [2.05, 4.69) is 0 Å². The first-order valence-electron chi connectivity index (χ1n) is 9.09. The molecule has 2 aliphatic heterocycles. The van der Waals surface area contributed by atoms with Crippen LogP contribution in [0.1, 0.15) is 12.8 Å². The van der Waals surface area contributed by atoms with Crippen molar-refractivity contribution in [3.8, 4) is 0 Å². The highest BCUT2D eigenvalue weighted by atomic mass is 32.2. The molecule has 0 radical (unpaired) electrons. The smallest absolute Gasteiger partial charge is 0.251 e. The van der Waals surface area contributed by atoms with Crippen molar-refractivity contribution >= 4 is 21.8 Å². The zero-order chi connectivity index (χ0) is 19.4. The number of nitrogens with zero attached hydrogens (tertiary/aromatic N) is 3. The third kappa shape index (κ3) is 4.48. The monoisotopic (exact) mass is 395 g/mol. The lowest BCUT2D eigenvalue weighted by atomic mass is 10.2. The zero-order valence-corrected chi connectivity index (χ0v) is 16.2. The lowest BCUT2D eigenvalue weighted by Crippen LogP contribution is -2.54. The predicted molar refractivity (Wildman–Crippen MR) is 98.4 cm³/mol. The molecule has 148 valence electrons. The van der Waals surface area contributed by atoms with E-state index in [1.807, 2.05) is 0 Å². The second-order valence-corrected chi connectivity index (χ2v) is 8.83. The Morgan fingerprint density at radius 3 is 2.33 bits per heavy atom. The van der Waals surface area contributed by atoms with Gasteiger partial charge in [-0.05, 0) is 25.0 Å². The summed E-state index contributed by atoms with van der Waals surface area (Å²) in [4.78, 5) is 28.4. The fourth-order valence-electron chi connectivity index (χ4n) is 3.30. The molecule has 1 aromatic carbocycles. The molecule has 1 aromatic rings. The molecule has 8 nitrogen and oxygen atoms in total. The summed E-state index contributed by atoms with van der Waals surface area (Å²) in [5.41, 5.74) is 0. The normalized spacial score (nSPS) is 20.9. The Labute approximate surface area is 159 Å². The van der Waals surface area contributed by atoms with Crippen LogP contribution in [0.4, 0.5) is 0 Å². The van der Waals surface area contributed by atoms with Crippen LogP contribution in [0.5, 0.6) is 0 Å². The maximum atomic E-state index is 12.5. The van der Waals surface area contributed by atoms with E-state index in [4.69, 9.17) is 4.74 Å². The largest absolute Gasteiger partial charge is 0.368 e. The molecule has 2 heterocycles. The lowest BCUT2D eigenvalue weighted by Gasteiger charge is -2.36. The first kappa shape index (κ1) is 19.8. The summed E-state index contributed by atoms with van der Waals surface area (Å²) in [7, 11) is -2.30. The number of carbonyl (C=O) groups is 2. The Morgan fingerprint density at radius 1 is 1.11 bits per heavy atom. The van der Waals surface area contributed by atoms with Gasteiger partial charge in [0.15, 0.2) is 0 Å². The fourth-order valence-corrected chi connectivity index (χ4v) is 4.44. The highest BCUT2D eigenvalue weighted by molar-refractivity contribution is 7.89. The summed E-state index contributed by atoms with van der Waals surface area (Å²) in [6, 6.07) is 8.04. The van der Waals surface area contributed by atoms with Crippen LogP contribution in [-0.4, -0.2) is 86.8 Å². The molecule has 2 fully saturated rings. The number of sulfonamides is 1. The lowest BCUT2D eigenvalue weighted by molar-refractivity contribution is -0.146. The van der Waals surface area contributed by atoms with Gasteiger partial charge >= 0.3 is 0 Å². The number of piperazine rings is 1. The molecule has 0 aliphatic carbocycles. The second kappa shape index (κ2) is 8.37. The Hall–Kier alpha value is -1.97. The maximum Gasteiger partial charge on any atom is 0.251 e. The van der Waals surface area contributed by atoms with Gasteiger partial charge in [-0.1, -0.05) is 18.2 Å². The molecular weight excluding hydrogens is 370 g/mol. The molecule has 0 aromatic heterocycles. The predicted octanol–water partition coefficient (Wildman–Crippen LogP) is 0.157. The molecule has 0 spiro atoms. The summed E-state index contributed by atoms with van der Waals surface area (Å²) in [5, 5.41) is 0. The average molecular weight is 395 g/mol. The van der Waals surface area contributed by atoms with Crippen molar-refractivity contribution < 1.29 is 22.7 Å². The standard InChI is InChI=1S/C18H25N3O5S/c1-19(27(24,25)15-6-3-2-4-7-15)14-17(22)20-9-11-21(12-10-20)18(23)16-8-5-13-26-16/h2-4,6-7,16H,5,8-14H2,1H3. The van der Waals surface area contributed by atoms with Crippen LogP contribution in [0.3, 0.4) is 0 Å². The molecule has 1 atom stereocenters. The fraction of sp³-hybridized carbons (Fsp3) is 0.556. The number of carbonyl (C=O) groups excluding carboxylic acids is 2. The van der Waals surface area contributed by atoms with Crippen molar-refractivity contribution in [3.63, 3.8) is 0 Å². The number of benzene rings is 1. The summed E-state index contributed by atoms with van der Waals surface area (Å²) in [6.45, 7) is 2.08. The third-order valence-electron chi connectivity index (χ3n) is 4.96. The Morgan fingerprint density at radius 2 is 1.74 bits per heavy atom. The van der Waals surface area contributed by atoms with Crippen LogP contribution in [0.25, 0.3) is 0 Å². The molecule has 2 saturated heterocycles. The summed E-state index contributed by atoms with van der Waals surface area (Å²) < 4.78 is 31.5. The first-order valence-corrected chi connectivity index (χ1v) is 10.5. The molecule has 0 N–H and O–H groups in total. The van der Waals surface area contributed by atoms with Crippen molar-refractivity contribution in [2.45, 2.75) is 23.8 Å². The van der Waals surface area contributed by atoms with Gasteiger partial charge in [0.2, 0.25) is 15.9 Å². The Balaban J connectivity index is 1.53. The van der Waals surface area contributed by atoms with Gasteiger partial charge in [-0.15, -0.1) is 0 Å². The van der Waals surface area contributed by atoms with Crippen LogP contribution in [0.15, 0.2) is 35.2 Å². The number of hydrogen-bond donors (Lipinski definition) is 0. The minimum Gasteiger partial charge on any atom is -0.368 e. The molecule has 2 aliphatic rings. The Bertz CT molecular complexity index is 769. The quantitative estimate of drug-likeness (QED) is 0.709. The van der Waals surface area contributed by atoms with Crippen LogP contribution < -0.4 is 0 Å². The highest BCUT2D eigenvalue weighted by Gasteiger charge is 2.32. The van der Waals surface area contributed by atoms with E-state index < -0.39 is 10.0 Å². The minimum atomic E-state index is -3.70. The highest BCUT2D eigenvalue weighted by Crippen LogP contribution is 2.17. The van der Waals surface area contributed by atoms with Crippen molar-refractivity contribution in [3.05, 3.63) is 30.3 Å². The van der Waals surface area contributed by atoms with Gasteiger partial charge in [0.25, 0.3) is 5.91 Å². The van der Waals surface area contributed by atoms with Crippen molar-refractivity contribution in [2.75, 3.05) is 46.4 Å². The first-order chi connectivity index (χ1) is 12.9. The van der Waals surface area contributed by atoms with Crippen LogP contribution in [0, 0.1) is 0 Å². The van der Waals surface area contributed by atoms with Gasteiger partial charge in [0.05, 0.1) is 11.4 Å². The molecule has 2 amide bonds. The second-order valence-electron chi connectivity index (χ2n) is 6.78. The van der Waals surface area contributed by atoms with E-state index in [0.29, 0.717) is 32.8 Å². The number of rotatable bonds is 5. The van der Waals surface area contributed by atoms with Gasteiger partial charge in [-0.25, -0.2) is 8.42 Å². The molecule has 3 rings (SSSR count). The van der Waals surface area contributed by atoms with Crippen molar-refractivity contribution in [1.29, 1.82) is 0 Å². The van der Waals surface area contributed by atoms with Crippen LogP contribution >= 0.6 is 0 Å². The van der Waals surface area contributed by atoms with Gasteiger partial charge in [-0.2, -0.15) is 4.31 Å². The Kier molecular flexibility index (Phi) is 6.13. The number of ether oxygens (including phenoxy) is 1. The summed E-state index contributed by atoms with van der Waals surface area (Å²) in [5.74, 6) is -0.274. The third-order valence-corrected chi connectivity index (χ3v) is 6.78. The van der Waals surface area contributed by atoms with Crippen molar-refractivity contribution in [1.82, 2.24) is 14.1 Å². The zero-order valence-electron chi connectivity index (χ0n) is 15.4. The van der Waals surface area contributed by atoms with E-state index in [1.165, 1.54) is 19.2 Å². The number of amides is 2. The minimum absolute atomic E-state index is 0.0108. The molecule has 0 saturated carbocycles. The number of likely N-dealkylation sites (N-methyl/N-ethyl adjacent to an activating group) is 1. The molecule has 1 unspecified atom stereocenters. The molecular formula is C18H25N3O5S. The van der Waals surface area contributed by atoms with E-state index in [1.54, 1.807) is 28.0 Å². The number of hydrogen-bond acceptors (Lipinski definition) is 5. The van der Waals surface area contributed by atoms with E-state index >= 15 is 0 Å². The topological polar surface area (TPSA) is 87.2 Å².